The van der Waals surface area contributed by atoms with Crippen LogP contribution in [0.1, 0.15) is 53.5 Å². The van der Waals surface area contributed by atoms with Crippen LogP contribution in [0.5, 0.6) is 0 Å². The third-order valence-corrected chi connectivity index (χ3v) is 3.94. The van der Waals surface area contributed by atoms with Crippen molar-refractivity contribution in [2.45, 2.75) is 65.7 Å². The van der Waals surface area contributed by atoms with Crippen LogP contribution >= 0.6 is 0 Å². The fourth-order valence-corrected chi connectivity index (χ4v) is 2.83. The Morgan fingerprint density at radius 1 is 1.07 bits per heavy atom. The summed E-state index contributed by atoms with van der Waals surface area (Å²) in [6.45, 7) is 12.7. The lowest BCUT2D eigenvalue weighted by atomic mass is 9.95. The minimum atomic E-state index is -0.785. The molecule has 1 amide bonds. The highest BCUT2D eigenvalue weighted by Crippen LogP contribution is 2.22. The van der Waals surface area contributed by atoms with E-state index in [-0.39, 0.29) is 5.78 Å². The van der Waals surface area contributed by atoms with Gasteiger partial charge in [0.15, 0.2) is 11.7 Å². The van der Waals surface area contributed by atoms with Gasteiger partial charge in [-0.2, -0.15) is 0 Å². The molecule has 0 bridgehead atoms. The predicted molar refractivity (Wildman–Crippen MR) is 104 cm³/mol. The van der Waals surface area contributed by atoms with Crippen molar-refractivity contribution in [3.8, 4) is 0 Å². The topological polar surface area (TPSA) is 61.7 Å². The number of carbonyl (C=O) groups excluding carboxylic acids is 2. The third kappa shape index (κ3) is 7.14. The summed E-state index contributed by atoms with van der Waals surface area (Å²) >= 11 is 0. The number of carbonyl (C=O) groups is 2. The number of Topliss-reactive ketones (excluding diaryl/α,β-unsaturated/α-hetero) is 1. The highest BCUT2D eigenvalue weighted by atomic mass is 17.0. The summed E-state index contributed by atoms with van der Waals surface area (Å²) in [6, 6.07) is 10.0. The van der Waals surface area contributed by atoms with Gasteiger partial charge in [0.1, 0.15) is 11.2 Å². The van der Waals surface area contributed by atoms with Gasteiger partial charge in [-0.25, -0.2) is 4.79 Å². The molecule has 1 aliphatic rings. The van der Waals surface area contributed by atoms with Crippen LogP contribution in [-0.2, 0) is 25.8 Å². The van der Waals surface area contributed by atoms with E-state index in [2.05, 4.69) is 4.90 Å². The van der Waals surface area contributed by atoms with Crippen molar-refractivity contribution in [1.29, 1.82) is 0 Å². The Morgan fingerprint density at radius 3 is 2.15 bits per heavy atom. The molecule has 0 aliphatic carbocycles. The van der Waals surface area contributed by atoms with Gasteiger partial charge in [0, 0.05) is 26.1 Å². The van der Waals surface area contributed by atoms with Gasteiger partial charge in [-0.3, -0.25) is 9.69 Å². The monoisotopic (exact) mass is 376 g/mol. The van der Waals surface area contributed by atoms with E-state index in [1.807, 2.05) is 71.9 Å². The van der Waals surface area contributed by atoms with Crippen molar-refractivity contribution < 1.29 is 19.3 Å². The number of ketones is 1. The number of likely N-dealkylation sites (tertiary alicyclic amines) is 1. The molecule has 1 atom stereocenters. The lowest BCUT2D eigenvalue weighted by molar-refractivity contribution is -0.333. The van der Waals surface area contributed by atoms with Crippen molar-refractivity contribution in [3.63, 3.8) is 0 Å². The molecule has 0 N–H and O–H groups in total. The Bertz CT molecular complexity index is 630. The molecule has 1 unspecified atom stereocenters. The summed E-state index contributed by atoms with van der Waals surface area (Å²) in [5.41, 5.74) is -0.0863. The zero-order valence-corrected chi connectivity index (χ0v) is 17.3. The summed E-state index contributed by atoms with van der Waals surface area (Å²) in [7, 11) is 0. The van der Waals surface area contributed by atoms with Gasteiger partial charge in [-0.15, -0.1) is 0 Å². The molecule has 1 heterocycles. The van der Waals surface area contributed by atoms with Crippen LogP contribution in [-0.4, -0.2) is 40.9 Å². The maximum Gasteiger partial charge on any atom is 0.450 e. The Hall–Kier alpha value is -1.60. The number of benzene rings is 1. The van der Waals surface area contributed by atoms with Gasteiger partial charge in [0.2, 0.25) is 5.23 Å². The first-order valence-electron chi connectivity index (χ1n) is 9.46. The summed E-state index contributed by atoms with van der Waals surface area (Å²) in [4.78, 5) is 39.1. The van der Waals surface area contributed by atoms with Crippen LogP contribution in [0.15, 0.2) is 30.3 Å². The van der Waals surface area contributed by atoms with E-state index >= 15 is 0 Å². The Kier molecular flexibility index (Phi) is 6.92. The lowest BCUT2D eigenvalue weighted by Crippen LogP contribution is -2.54. The van der Waals surface area contributed by atoms with Crippen LogP contribution in [0.2, 0.25) is 0 Å². The van der Waals surface area contributed by atoms with E-state index in [0.29, 0.717) is 26.1 Å². The van der Waals surface area contributed by atoms with Crippen molar-refractivity contribution in [1.82, 2.24) is 10.1 Å². The van der Waals surface area contributed by atoms with Crippen molar-refractivity contribution >= 4 is 11.7 Å². The summed E-state index contributed by atoms with van der Waals surface area (Å²) < 4.78 is 0. The first-order chi connectivity index (χ1) is 12.4. The van der Waals surface area contributed by atoms with E-state index < -0.39 is 23.0 Å². The normalized spacial score (nSPS) is 19.5. The Balaban J connectivity index is 2.12. The molecule has 27 heavy (non-hydrogen) atoms. The van der Waals surface area contributed by atoms with Crippen molar-refractivity contribution in [2.75, 3.05) is 13.1 Å². The molecule has 6 nitrogen and oxygen atoms in total. The van der Waals surface area contributed by atoms with Gasteiger partial charge in [0.05, 0.1) is 0 Å². The average molecular weight is 376 g/mol. The van der Waals surface area contributed by atoms with Crippen LogP contribution in [0.25, 0.3) is 0 Å². The fourth-order valence-electron chi connectivity index (χ4n) is 2.83. The molecule has 0 saturated carbocycles. The van der Waals surface area contributed by atoms with Gasteiger partial charge in [-0.05, 0) is 47.1 Å². The van der Waals surface area contributed by atoms with E-state index in [9.17, 15) is 9.59 Å². The summed E-state index contributed by atoms with van der Waals surface area (Å²) in [5, 5.41) is 0.925. The second kappa shape index (κ2) is 8.61. The quantitative estimate of drug-likeness (QED) is 0.583. The first-order valence-corrected chi connectivity index (χ1v) is 9.46. The second-order valence-electron chi connectivity index (χ2n) is 8.99. The van der Waals surface area contributed by atoms with Crippen LogP contribution < -0.4 is 5.23 Å². The second-order valence-corrected chi connectivity index (χ2v) is 8.99. The number of hydroxylamine groups is 2. The average Bonchev–Trinajstić information content (AvgIpc) is 2.54. The van der Waals surface area contributed by atoms with Crippen molar-refractivity contribution in [2.24, 2.45) is 5.92 Å². The minimum absolute atomic E-state index is 0.0654. The van der Waals surface area contributed by atoms with Gasteiger partial charge in [0.25, 0.3) is 0 Å². The van der Waals surface area contributed by atoms with Crippen LogP contribution in [0.4, 0.5) is 0 Å². The molecule has 2 rings (SSSR count). The molecule has 0 aromatic heterocycles. The number of piperidine rings is 1. The fraction of sp³-hybridized carbons (Fsp3) is 0.619. The molecule has 1 aromatic rings. The highest BCUT2D eigenvalue weighted by Gasteiger charge is 2.49. The van der Waals surface area contributed by atoms with E-state index in [1.54, 1.807) is 0 Å². The first kappa shape index (κ1) is 21.7. The molecule has 6 heteroatoms. The minimum Gasteiger partial charge on any atom is -0.299 e. The van der Waals surface area contributed by atoms with Gasteiger partial charge in [-0.1, -0.05) is 40.0 Å². The molecule has 1 saturated heterocycles. The molecule has 1 aromatic carbocycles. The summed E-state index contributed by atoms with van der Waals surface area (Å²) in [6.07, 6.45) is 0.349. The smallest absolute Gasteiger partial charge is 0.299 e. The molecule has 1 radical (unpaired) electrons. The van der Waals surface area contributed by atoms with Gasteiger partial charge < -0.3 is 0 Å². The predicted octanol–water partition coefficient (Wildman–Crippen LogP) is 3.20. The maximum atomic E-state index is 13.1. The molecular weight excluding hydrogens is 344 g/mol. The maximum absolute atomic E-state index is 13.1. The van der Waals surface area contributed by atoms with Crippen molar-refractivity contribution in [3.05, 3.63) is 35.9 Å². The molecule has 0 spiro atoms. The number of hydrogen-bond acceptors (Lipinski definition) is 5. The Morgan fingerprint density at radius 2 is 1.63 bits per heavy atom. The number of hydrogen-bond donors (Lipinski definition) is 0. The zero-order chi connectivity index (χ0) is 20.2. The lowest BCUT2D eigenvalue weighted by Gasteiger charge is -2.30. The van der Waals surface area contributed by atoms with Crippen LogP contribution in [0, 0.1) is 5.92 Å². The molecule has 1 fully saturated rings. The number of amides is 1. The largest absolute Gasteiger partial charge is 0.450 e. The summed E-state index contributed by atoms with van der Waals surface area (Å²) in [5.74, 6) is -1.29. The van der Waals surface area contributed by atoms with Gasteiger partial charge >= 0.3 is 5.91 Å². The third-order valence-electron chi connectivity index (χ3n) is 3.94. The molecule has 1 aliphatic heterocycles. The standard InChI is InChI=1S/C21H32N2O4/c1-20(2,3)26-23(27-21(4,5)6)19(25)17-15-22(13-12-18(17)24)14-16-10-8-7-9-11-16/h7-11,17H,12-15H2,1-6H3/q+1. The number of nitrogens with zero attached hydrogens (tertiary/aromatic N) is 2. The van der Waals surface area contributed by atoms with E-state index in [4.69, 9.17) is 9.68 Å². The number of rotatable bonds is 5. The zero-order valence-electron chi connectivity index (χ0n) is 17.3. The highest BCUT2D eigenvalue weighted by molar-refractivity contribution is 6.02. The van der Waals surface area contributed by atoms with Crippen LogP contribution in [0.3, 0.4) is 0 Å². The van der Waals surface area contributed by atoms with E-state index in [1.165, 1.54) is 0 Å². The SMILES string of the molecule is CC(C)(C)O[N+](OC(C)(C)C)C(=O)C1CN(Cc2ccccc2)CCC1=O. The Labute approximate surface area is 162 Å². The molecule has 149 valence electrons. The van der Waals surface area contributed by atoms with E-state index in [0.717, 1.165) is 10.8 Å². The molecular formula is C21H32N2O4+.